The van der Waals surface area contributed by atoms with Gasteiger partial charge in [0.2, 0.25) is 5.91 Å². The Hall–Kier alpha value is -1.14. The molecule has 1 aromatic heterocycles. The fourth-order valence-corrected chi connectivity index (χ4v) is 4.54. The van der Waals surface area contributed by atoms with Gasteiger partial charge >= 0.3 is 0 Å². The van der Waals surface area contributed by atoms with Crippen molar-refractivity contribution < 1.29 is 4.79 Å². The quantitative estimate of drug-likeness (QED) is 0.705. The number of halogens is 2. The van der Waals surface area contributed by atoms with E-state index < -0.39 is 0 Å². The molecule has 1 fully saturated rings. The van der Waals surface area contributed by atoms with Gasteiger partial charge in [0.15, 0.2) is 0 Å². The number of nitrogens with zero attached hydrogens (tertiary/aromatic N) is 2. The Morgan fingerprint density at radius 1 is 1.18 bits per heavy atom. The molecule has 0 aliphatic carbocycles. The number of amides is 1. The molecule has 1 saturated heterocycles. The molecule has 1 aromatic carbocycles. The van der Waals surface area contributed by atoms with Gasteiger partial charge in [-0.25, -0.2) is 4.98 Å². The molecule has 2 aromatic rings. The maximum absolute atomic E-state index is 12.8. The van der Waals surface area contributed by atoms with E-state index in [4.69, 9.17) is 4.98 Å². The predicted molar refractivity (Wildman–Crippen MR) is 123 cm³/mol. The molecular formula is C21H31Cl2N3OS. The summed E-state index contributed by atoms with van der Waals surface area (Å²) in [5.41, 5.74) is 3.32. The highest BCUT2D eigenvalue weighted by Gasteiger charge is 2.24. The Kier molecular flexibility index (Phi) is 10.5. The van der Waals surface area contributed by atoms with E-state index in [2.05, 4.69) is 36.5 Å². The SMILES string of the molecule is CNCCC1CCN(C(=O)Cc2sc(C)nc2-c2ccc(C)cc2)CC1.Cl.Cl. The highest BCUT2D eigenvalue weighted by Crippen LogP contribution is 2.30. The molecule has 0 saturated carbocycles. The summed E-state index contributed by atoms with van der Waals surface area (Å²) >= 11 is 1.65. The molecule has 1 aliphatic rings. The minimum atomic E-state index is 0. The van der Waals surface area contributed by atoms with E-state index >= 15 is 0 Å². The van der Waals surface area contributed by atoms with Crippen molar-refractivity contribution in [2.75, 3.05) is 26.7 Å². The molecule has 156 valence electrons. The van der Waals surface area contributed by atoms with Crippen LogP contribution in [0.1, 0.15) is 34.7 Å². The Bertz CT molecular complexity index is 741. The van der Waals surface area contributed by atoms with Crippen molar-refractivity contribution in [2.24, 2.45) is 5.92 Å². The summed E-state index contributed by atoms with van der Waals surface area (Å²) in [5.74, 6) is 0.995. The summed E-state index contributed by atoms with van der Waals surface area (Å²) in [4.78, 5) is 20.7. The van der Waals surface area contributed by atoms with Crippen LogP contribution in [0.15, 0.2) is 24.3 Å². The van der Waals surface area contributed by atoms with Crippen molar-refractivity contribution in [3.63, 3.8) is 0 Å². The molecule has 1 amide bonds. The van der Waals surface area contributed by atoms with Crippen LogP contribution in [-0.4, -0.2) is 42.5 Å². The fraction of sp³-hybridized carbons (Fsp3) is 0.524. The number of thiazole rings is 1. The molecule has 0 atom stereocenters. The van der Waals surface area contributed by atoms with Gasteiger partial charge in [-0.3, -0.25) is 4.79 Å². The monoisotopic (exact) mass is 443 g/mol. The third-order valence-electron chi connectivity index (χ3n) is 5.21. The maximum Gasteiger partial charge on any atom is 0.227 e. The zero-order valence-electron chi connectivity index (χ0n) is 16.9. The lowest BCUT2D eigenvalue weighted by Gasteiger charge is -2.32. The Morgan fingerprint density at radius 2 is 1.82 bits per heavy atom. The van der Waals surface area contributed by atoms with Crippen LogP contribution in [-0.2, 0) is 11.2 Å². The number of piperidine rings is 1. The average Bonchev–Trinajstić information content (AvgIpc) is 3.01. The molecule has 0 spiro atoms. The largest absolute Gasteiger partial charge is 0.342 e. The van der Waals surface area contributed by atoms with Gasteiger partial charge in [-0.15, -0.1) is 36.2 Å². The molecule has 4 nitrogen and oxygen atoms in total. The number of likely N-dealkylation sites (tertiary alicyclic amines) is 1. The van der Waals surface area contributed by atoms with Crippen LogP contribution in [0, 0.1) is 19.8 Å². The van der Waals surface area contributed by atoms with Crippen molar-refractivity contribution in [1.29, 1.82) is 0 Å². The summed E-state index contributed by atoms with van der Waals surface area (Å²) in [6.07, 6.45) is 3.93. The molecule has 1 aliphatic heterocycles. The zero-order chi connectivity index (χ0) is 18.5. The van der Waals surface area contributed by atoms with E-state index in [0.717, 1.165) is 59.5 Å². The van der Waals surface area contributed by atoms with Crippen molar-refractivity contribution in [3.05, 3.63) is 39.7 Å². The minimum absolute atomic E-state index is 0. The van der Waals surface area contributed by atoms with Crippen molar-refractivity contribution in [1.82, 2.24) is 15.2 Å². The van der Waals surface area contributed by atoms with Crippen LogP contribution in [0.25, 0.3) is 11.3 Å². The van der Waals surface area contributed by atoms with Gasteiger partial charge in [-0.2, -0.15) is 0 Å². The number of benzene rings is 1. The first-order valence-electron chi connectivity index (χ1n) is 9.52. The summed E-state index contributed by atoms with van der Waals surface area (Å²) < 4.78 is 0. The molecule has 28 heavy (non-hydrogen) atoms. The zero-order valence-corrected chi connectivity index (χ0v) is 19.3. The first kappa shape index (κ1) is 24.9. The van der Waals surface area contributed by atoms with Crippen molar-refractivity contribution >= 4 is 42.1 Å². The lowest BCUT2D eigenvalue weighted by Crippen LogP contribution is -2.39. The first-order chi connectivity index (χ1) is 12.6. The Morgan fingerprint density at radius 3 is 2.43 bits per heavy atom. The van der Waals surface area contributed by atoms with E-state index in [1.807, 2.05) is 18.9 Å². The molecule has 3 rings (SSSR count). The first-order valence-corrected chi connectivity index (χ1v) is 10.3. The summed E-state index contributed by atoms with van der Waals surface area (Å²) in [6, 6.07) is 8.41. The fourth-order valence-electron chi connectivity index (χ4n) is 3.59. The molecule has 0 unspecified atom stereocenters. The Labute approximate surface area is 184 Å². The van der Waals surface area contributed by atoms with Gasteiger partial charge in [0.05, 0.1) is 17.1 Å². The molecule has 2 heterocycles. The minimum Gasteiger partial charge on any atom is -0.342 e. The van der Waals surface area contributed by atoms with Crippen LogP contribution in [0.2, 0.25) is 0 Å². The number of carbonyl (C=O) groups excluding carboxylic acids is 1. The van der Waals surface area contributed by atoms with E-state index in [9.17, 15) is 4.79 Å². The maximum atomic E-state index is 12.8. The second-order valence-electron chi connectivity index (χ2n) is 7.26. The van der Waals surface area contributed by atoms with Crippen LogP contribution in [0.5, 0.6) is 0 Å². The average molecular weight is 444 g/mol. The second kappa shape index (κ2) is 11.8. The van der Waals surface area contributed by atoms with E-state index in [0.29, 0.717) is 6.42 Å². The molecule has 0 bridgehead atoms. The third kappa shape index (κ3) is 6.45. The van der Waals surface area contributed by atoms with Crippen LogP contribution < -0.4 is 5.32 Å². The van der Waals surface area contributed by atoms with Gasteiger partial charge in [0, 0.05) is 23.5 Å². The summed E-state index contributed by atoms with van der Waals surface area (Å²) in [7, 11) is 2.00. The van der Waals surface area contributed by atoms with Crippen LogP contribution in [0.4, 0.5) is 0 Å². The lowest BCUT2D eigenvalue weighted by molar-refractivity contribution is -0.131. The van der Waals surface area contributed by atoms with Gasteiger partial charge in [0.1, 0.15) is 0 Å². The van der Waals surface area contributed by atoms with Crippen molar-refractivity contribution in [2.45, 2.75) is 39.5 Å². The molecule has 7 heteroatoms. The highest BCUT2D eigenvalue weighted by molar-refractivity contribution is 7.12. The van der Waals surface area contributed by atoms with Gasteiger partial charge < -0.3 is 10.2 Å². The standard InChI is InChI=1S/C21H29N3OS.2ClH/c1-15-4-6-18(7-5-15)21-19(26-16(2)23-21)14-20(25)24-12-9-17(10-13-24)8-11-22-3;;/h4-7,17,22H,8-14H2,1-3H3;2*1H. The highest BCUT2D eigenvalue weighted by atomic mass is 35.5. The Balaban J connectivity index is 0.00000196. The number of aryl methyl sites for hydroxylation is 2. The number of rotatable bonds is 6. The van der Waals surface area contributed by atoms with E-state index in [1.165, 1.54) is 12.0 Å². The van der Waals surface area contributed by atoms with Crippen LogP contribution >= 0.6 is 36.2 Å². The van der Waals surface area contributed by atoms with Gasteiger partial charge in [0.25, 0.3) is 0 Å². The van der Waals surface area contributed by atoms with Crippen molar-refractivity contribution in [3.8, 4) is 11.3 Å². The number of hydrogen-bond acceptors (Lipinski definition) is 4. The number of nitrogens with one attached hydrogen (secondary N) is 1. The van der Waals surface area contributed by atoms with Gasteiger partial charge in [-0.05, 0) is 52.6 Å². The lowest BCUT2D eigenvalue weighted by atomic mass is 9.93. The molecular weight excluding hydrogens is 413 g/mol. The number of hydrogen-bond donors (Lipinski definition) is 1. The molecule has 0 radical (unpaired) electrons. The van der Waals surface area contributed by atoms with Gasteiger partial charge in [-0.1, -0.05) is 29.8 Å². The molecule has 1 N–H and O–H groups in total. The normalized spacial score (nSPS) is 14.3. The summed E-state index contributed by atoms with van der Waals surface area (Å²) in [6.45, 7) is 6.96. The predicted octanol–water partition coefficient (Wildman–Crippen LogP) is 4.66. The second-order valence-corrected chi connectivity index (χ2v) is 8.55. The number of carbonyl (C=O) groups is 1. The van der Waals surface area contributed by atoms with E-state index in [1.54, 1.807) is 11.3 Å². The number of aromatic nitrogens is 1. The topological polar surface area (TPSA) is 45.2 Å². The smallest absolute Gasteiger partial charge is 0.227 e. The summed E-state index contributed by atoms with van der Waals surface area (Å²) in [5, 5.41) is 4.25. The van der Waals surface area contributed by atoms with E-state index in [-0.39, 0.29) is 30.7 Å². The third-order valence-corrected chi connectivity index (χ3v) is 6.18. The van der Waals surface area contributed by atoms with Crippen LogP contribution in [0.3, 0.4) is 0 Å².